The quantitative estimate of drug-likeness (QED) is 0.596. The number of rotatable bonds is 2. The third kappa shape index (κ3) is 1.48. The van der Waals surface area contributed by atoms with E-state index in [1.54, 1.807) is 12.1 Å². The SMILES string of the molecule is O=CNc1cccc(O)c1. The summed E-state index contributed by atoms with van der Waals surface area (Å²) < 4.78 is 0. The van der Waals surface area contributed by atoms with Crippen LogP contribution in [0, 0.1) is 0 Å². The Morgan fingerprint density at radius 2 is 2.30 bits per heavy atom. The van der Waals surface area contributed by atoms with E-state index in [9.17, 15) is 4.79 Å². The van der Waals surface area contributed by atoms with Gasteiger partial charge < -0.3 is 10.4 Å². The van der Waals surface area contributed by atoms with Crippen LogP contribution in [-0.2, 0) is 4.79 Å². The summed E-state index contributed by atoms with van der Waals surface area (Å²) in [4.78, 5) is 9.89. The van der Waals surface area contributed by atoms with Crippen molar-refractivity contribution in [3.05, 3.63) is 24.3 Å². The molecule has 0 saturated heterocycles. The molecule has 0 radical (unpaired) electrons. The molecule has 0 unspecified atom stereocenters. The summed E-state index contributed by atoms with van der Waals surface area (Å²) in [7, 11) is 0. The van der Waals surface area contributed by atoms with Crippen molar-refractivity contribution < 1.29 is 9.90 Å². The van der Waals surface area contributed by atoms with Gasteiger partial charge in [0.1, 0.15) is 5.75 Å². The van der Waals surface area contributed by atoms with E-state index in [0.29, 0.717) is 12.1 Å². The molecule has 3 nitrogen and oxygen atoms in total. The Morgan fingerprint density at radius 1 is 1.50 bits per heavy atom. The number of phenols is 1. The fourth-order valence-electron chi connectivity index (χ4n) is 0.664. The molecule has 0 bridgehead atoms. The Hall–Kier alpha value is -1.51. The minimum atomic E-state index is 0.145. The smallest absolute Gasteiger partial charge is 0.211 e. The molecule has 0 aromatic heterocycles. The Labute approximate surface area is 58.3 Å². The zero-order valence-electron chi connectivity index (χ0n) is 5.24. The van der Waals surface area contributed by atoms with Crippen molar-refractivity contribution >= 4 is 12.1 Å². The number of phenolic OH excluding ortho intramolecular Hbond substituents is 1. The van der Waals surface area contributed by atoms with Crippen LogP contribution in [0.2, 0.25) is 0 Å². The molecule has 2 N–H and O–H groups in total. The van der Waals surface area contributed by atoms with Crippen LogP contribution in [0.25, 0.3) is 0 Å². The normalized spacial score (nSPS) is 8.80. The Kier molecular flexibility index (Phi) is 1.89. The van der Waals surface area contributed by atoms with Crippen molar-refractivity contribution in [2.45, 2.75) is 0 Å². The maximum atomic E-state index is 9.89. The Balaban J connectivity index is 2.84. The van der Waals surface area contributed by atoms with Gasteiger partial charge in [-0.1, -0.05) is 6.07 Å². The van der Waals surface area contributed by atoms with Crippen molar-refractivity contribution in [1.29, 1.82) is 0 Å². The molecule has 0 aliphatic carbocycles. The highest BCUT2D eigenvalue weighted by molar-refractivity contribution is 5.71. The number of carbonyl (C=O) groups excluding carboxylic acids is 1. The number of amides is 1. The summed E-state index contributed by atoms with van der Waals surface area (Å²) in [6, 6.07) is 6.35. The number of anilines is 1. The zero-order valence-corrected chi connectivity index (χ0v) is 5.24. The van der Waals surface area contributed by atoms with Gasteiger partial charge in [-0.15, -0.1) is 0 Å². The molecule has 3 heteroatoms. The molecule has 1 amide bonds. The summed E-state index contributed by atoms with van der Waals surface area (Å²) in [5.74, 6) is 0.145. The maximum Gasteiger partial charge on any atom is 0.211 e. The summed E-state index contributed by atoms with van der Waals surface area (Å²) in [6.45, 7) is 0. The maximum absolute atomic E-state index is 9.89. The van der Waals surface area contributed by atoms with Crippen LogP contribution in [0.5, 0.6) is 5.75 Å². The highest BCUT2D eigenvalue weighted by Gasteiger charge is 1.89. The van der Waals surface area contributed by atoms with Gasteiger partial charge in [-0.05, 0) is 12.1 Å². The van der Waals surface area contributed by atoms with Crippen LogP contribution in [-0.4, -0.2) is 11.5 Å². The second kappa shape index (κ2) is 2.87. The van der Waals surface area contributed by atoms with E-state index in [2.05, 4.69) is 5.32 Å². The summed E-state index contributed by atoms with van der Waals surface area (Å²) in [5, 5.41) is 11.3. The molecular formula is C7H7NO2. The summed E-state index contributed by atoms with van der Waals surface area (Å²) >= 11 is 0. The fourth-order valence-corrected chi connectivity index (χ4v) is 0.664. The molecular weight excluding hydrogens is 130 g/mol. The average Bonchev–Trinajstić information content (AvgIpc) is 1.88. The molecule has 0 spiro atoms. The topological polar surface area (TPSA) is 49.3 Å². The van der Waals surface area contributed by atoms with Crippen LogP contribution in [0.15, 0.2) is 24.3 Å². The predicted molar refractivity (Wildman–Crippen MR) is 37.8 cm³/mol. The third-order valence-corrected chi connectivity index (χ3v) is 1.07. The monoisotopic (exact) mass is 137 g/mol. The fraction of sp³-hybridized carbons (Fsp3) is 0. The second-order valence-corrected chi connectivity index (χ2v) is 1.81. The number of carbonyl (C=O) groups is 1. The standard InChI is InChI=1S/C7H7NO2/c9-5-8-6-2-1-3-7(10)4-6/h1-5,10H,(H,8,9). The van der Waals surface area contributed by atoms with E-state index in [0.717, 1.165) is 0 Å². The number of benzene rings is 1. The molecule has 1 aromatic rings. The summed E-state index contributed by atoms with van der Waals surface area (Å²) in [6.07, 6.45) is 0.564. The highest BCUT2D eigenvalue weighted by Crippen LogP contribution is 2.13. The minimum absolute atomic E-state index is 0.145. The lowest BCUT2D eigenvalue weighted by molar-refractivity contribution is -0.105. The van der Waals surface area contributed by atoms with Crippen molar-refractivity contribution in [1.82, 2.24) is 0 Å². The van der Waals surface area contributed by atoms with Crippen molar-refractivity contribution in [3.8, 4) is 5.75 Å². The zero-order chi connectivity index (χ0) is 7.40. The van der Waals surface area contributed by atoms with Crippen LogP contribution < -0.4 is 5.32 Å². The Bertz CT molecular complexity index is 235. The molecule has 0 aliphatic rings. The lowest BCUT2D eigenvalue weighted by atomic mass is 10.3. The van der Waals surface area contributed by atoms with E-state index in [1.807, 2.05) is 0 Å². The number of hydrogen-bond donors (Lipinski definition) is 2. The molecule has 0 saturated carbocycles. The van der Waals surface area contributed by atoms with Gasteiger partial charge in [-0.25, -0.2) is 0 Å². The molecule has 0 fully saturated rings. The molecule has 1 aromatic carbocycles. The first-order valence-corrected chi connectivity index (χ1v) is 2.82. The van der Waals surface area contributed by atoms with Crippen LogP contribution in [0.1, 0.15) is 0 Å². The van der Waals surface area contributed by atoms with E-state index < -0.39 is 0 Å². The third-order valence-electron chi connectivity index (χ3n) is 1.07. The van der Waals surface area contributed by atoms with Crippen molar-refractivity contribution in [2.24, 2.45) is 0 Å². The number of nitrogens with one attached hydrogen (secondary N) is 1. The Morgan fingerprint density at radius 3 is 2.90 bits per heavy atom. The van der Waals surface area contributed by atoms with Crippen LogP contribution in [0.3, 0.4) is 0 Å². The van der Waals surface area contributed by atoms with E-state index in [4.69, 9.17) is 5.11 Å². The lowest BCUT2D eigenvalue weighted by Gasteiger charge is -1.96. The first kappa shape index (κ1) is 6.61. The molecule has 52 valence electrons. The van der Waals surface area contributed by atoms with E-state index >= 15 is 0 Å². The lowest BCUT2D eigenvalue weighted by Crippen LogP contribution is -1.91. The second-order valence-electron chi connectivity index (χ2n) is 1.81. The van der Waals surface area contributed by atoms with Gasteiger partial charge in [-0.2, -0.15) is 0 Å². The first-order valence-electron chi connectivity index (χ1n) is 2.82. The van der Waals surface area contributed by atoms with Crippen LogP contribution >= 0.6 is 0 Å². The number of aromatic hydroxyl groups is 1. The van der Waals surface area contributed by atoms with E-state index in [1.165, 1.54) is 12.1 Å². The van der Waals surface area contributed by atoms with Gasteiger partial charge in [0.2, 0.25) is 6.41 Å². The summed E-state index contributed by atoms with van der Waals surface area (Å²) in [5.41, 5.74) is 0.593. The van der Waals surface area contributed by atoms with Crippen LogP contribution in [0.4, 0.5) is 5.69 Å². The predicted octanol–water partition coefficient (Wildman–Crippen LogP) is 0.960. The molecule has 1 rings (SSSR count). The van der Waals surface area contributed by atoms with Gasteiger partial charge in [0, 0.05) is 11.8 Å². The molecule has 10 heavy (non-hydrogen) atoms. The van der Waals surface area contributed by atoms with Gasteiger partial charge in [0.25, 0.3) is 0 Å². The van der Waals surface area contributed by atoms with Gasteiger partial charge in [0.15, 0.2) is 0 Å². The average molecular weight is 137 g/mol. The van der Waals surface area contributed by atoms with Crippen molar-refractivity contribution in [2.75, 3.05) is 5.32 Å². The first-order chi connectivity index (χ1) is 4.83. The number of hydrogen-bond acceptors (Lipinski definition) is 2. The minimum Gasteiger partial charge on any atom is -0.508 e. The van der Waals surface area contributed by atoms with Crippen molar-refractivity contribution in [3.63, 3.8) is 0 Å². The van der Waals surface area contributed by atoms with Gasteiger partial charge in [0.05, 0.1) is 0 Å². The largest absolute Gasteiger partial charge is 0.508 e. The van der Waals surface area contributed by atoms with Gasteiger partial charge >= 0.3 is 0 Å². The molecule has 0 atom stereocenters. The molecule has 0 heterocycles. The van der Waals surface area contributed by atoms with Gasteiger partial charge in [-0.3, -0.25) is 4.79 Å². The molecule has 0 aliphatic heterocycles. The van der Waals surface area contributed by atoms with E-state index in [-0.39, 0.29) is 5.75 Å². The highest BCUT2D eigenvalue weighted by atomic mass is 16.3.